The lowest BCUT2D eigenvalue weighted by molar-refractivity contribution is -0.132. The van der Waals surface area contributed by atoms with E-state index >= 15 is 0 Å². The third-order valence-corrected chi connectivity index (χ3v) is 3.57. The van der Waals surface area contributed by atoms with Gasteiger partial charge < -0.3 is 14.2 Å². The number of nitrogens with one attached hydrogen (secondary N) is 2. The number of amides is 2. The van der Waals surface area contributed by atoms with Crippen molar-refractivity contribution in [2.45, 2.75) is 26.4 Å². The fourth-order valence-electron chi connectivity index (χ4n) is 2.15. The Kier molecular flexibility index (Phi) is 8.08. The van der Waals surface area contributed by atoms with E-state index in [0.717, 1.165) is 0 Å². The molecule has 7 nitrogen and oxygen atoms in total. The first-order valence-electron chi connectivity index (χ1n) is 8.85. The molecule has 150 valence electrons. The van der Waals surface area contributed by atoms with Crippen molar-refractivity contribution < 1.29 is 28.2 Å². The molecule has 2 aromatic carbocycles. The van der Waals surface area contributed by atoms with E-state index in [4.69, 9.17) is 14.2 Å². The van der Waals surface area contributed by atoms with Crippen LogP contribution in [0.2, 0.25) is 0 Å². The van der Waals surface area contributed by atoms with Crippen LogP contribution in [0.4, 0.5) is 4.39 Å². The van der Waals surface area contributed by atoms with E-state index in [-0.39, 0.29) is 18.8 Å². The molecule has 0 aliphatic rings. The SMILES string of the molecule is CCOc1ccc(OC(C)C(=O)NNC(=O)CCOc2ccccc2F)cc1. The summed E-state index contributed by atoms with van der Waals surface area (Å²) in [5, 5.41) is 0. The number of hydrogen-bond donors (Lipinski definition) is 2. The number of benzene rings is 2. The molecular formula is C20H23FN2O5. The zero-order chi connectivity index (χ0) is 20.4. The minimum Gasteiger partial charge on any atom is -0.494 e. The number of carbonyl (C=O) groups excluding carboxylic acids is 2. The zero-order valence-electron chi connectivity index (χ0n) is 15.7. The van der Waals surface area contributed by atoms with Gasteiger partial charge in [0.15, 0.2) is 17.7 Å². The second-order valence-electron chi connectivity index (χ2n) is 5.73. The Labute approximate surface area is 162 Å². The number of halogens is 1. The summed E-state index contributed by atoms with van der Waals surface area (Å²) in [6.07, 6.45) is -0.879. The molecule has 0 aliphatic carbocycles. The molecule has 0 spiro atoms. The average Bonchev–Trinajstić information content (AvgIpc) is 2.69. The van der Waals surface area contributed by atoms with E-state index in [1.807, 2.05) is 6.92 Å². The molecule has 0 saturated carbocycles. The molecule has 2 rings (SSSR count). The molecule has 1 unspecified atom stereocenters. The van der Waals surface area contributed by atoms with Gasteiger partial charge in [0.2, 0.25) is 5.91 Å². The molecule has 2 aromatic rings. The van der Waals surface area contributed by atoms with Crippen LogP contribution in [0.1, 0.15) is 20.3 Å². The molecule has 0 radical (unpaired) electrons. The monoisotopic (exact) mass is 390 g/mol. The number of hydrazine groups is 1. The zero-order valence-corrected chi connectivity index (χ0v) is 15.7. The number of hydrogen-bond acceptors (Lipinski definition) is 5. The van der Waals surface area contributed by atoms with Gasteiger partial charge in [-0.2, -0.15) is 0 Å². The van der Waals surface area contributed by atoms with Crippen LogP contribution >= 0.6 is 0 Å². The molecule has 0 aromatic heterocycles. The summed E-state index contributed by atoms with van der Waals surface area (Å²) in [5.41, 5.74) is 4.54. The first-order valence-corrected chi connectivity index (χ1v) is 8.85. The fourth-order valence-corrected chi connectivity index (χ4v) is 2.15. The van der Waals surface area contributed by atoms with Crippen molar-refractivity contribution in [3.8, 4) is 17.2 Å². The Balaban J connectivity index is 1.68. The maximum absolute atomic E-state index is 13.4. The quantitative estimate of drug-likeness (QED) is 0.643. The summed E-state index contributed by atoms with van der Waals surface area (Å²) < 4.78 is 29.4. The van der Waals surface area contributed by atoms with Crippen molar-refractivity contribution in [2.75, 3.05) is 13.2 Å². The highest BCUT2D eigenvalue weighted by molar-refractivity contribution is 5.84. The lowest BCUT2D eigenvalue weighted by atomic mass is 10.3. The first-order chi connectivity index (χ1) is 13.5. The predicted molar refractivity (Wildman–Crippen MR) is 100 cm³/mol. The van der Waals surface area contributed by atoms with E-state index in [2.05, 4.69) is 10.9 Å². The average molecular weight is 390 g/mol. The van der Waals surface area contributed by atoms with E-state index in [0.29, 0.717) is 18.1 Å². The molecule has 0 heterocycles. The van der Waals surface area contributed by atoms with Crippen molar-refractivity contribution in [2.24, 2.45) is 0 Å². The Hall–Kier alpha value is -3.29. The van der Waals surface area contributed by atoms with Crippen LogP contribution in [0, 0.1) is 5.82 Å². The lowest BCUT2D eigenvalue weighted by Gasteiger charge is -2.15. The third-order valence-electron chi connectivity index (χ3n) is 3.57. The third kappa shape index (κ3) is 6.79. The van der Waals surface area contributed by atoms with Gasteiger partial charge in [0.05, 0.1) is 19.6 Å². The topological polar surface area (TPSA) is 85.9 Å². The van der Waals surface area contributed by atoms with Crippen LogP contribution in [-0.4, -0.2) is 31.1 Å². The maximum Gasteiger partial charge on any atom is 0.279 e. The predicted octanol–water partition coefficient (Wildman–Crippen LogP) is 2.61. The summed E-state index contributed by atoms with van der Waals surface area (Å²) in [6, 6.07) is 12.8. The normalized spacial score (nSPS) is 11.2. The van der Waals surface area contributed by atoms with Crippen molar-refractivity contribution in [1.29, 1.82) is 0 Å². The van der Waals surface area contributed by atoms with Crippen LogP contribution in [0.5, 0.6) is 17.2 Å². The summed E-state index contributed by atoms with van der Waals surface area (Å²) in [7, 11) is 0. The summed E-state index contributed by atoms with van der Waals surface area (Å²) >= 11 is 0. The Morgan fingerprint density at radius 2 is 1.68 bits per heavy atom. The van der Waals surface area contributed by atoms with Gasteiger partial charge in [0.1, 0.15) is 11.5 Å². The molecule has 0 fully saturated rings. The largest absolute Gasteiger partial charge is 0.494 e. The standard InChI is InChI=1S/C20H23FN2O5/c1-3-26-15-8-10-16(11-9-15)28-14(2)20(25)23-22-19(24)12-13-27-18-7-5-4-6-17(18)21/h4-11,14H,3,12-13H2,1-2H3,(H,22,24)(H,23,25). The van der Waals surface area contributed by atoms with Gasteiger partial charge in [-0.05, 0) is 50.2 Å². The van der Waals surface area contributed by atoms with Gasteiger partial charge in [0.25, 0.3) is 5.91 Å². The van der Waals surface area contributed by atoms with E-state index < -0.39 is 23.7 Å². The van der Waals surface area contributed by atoms with E-state index in [1.165, 1.54) is 12.1 Å². The smallest absolute Gasteiger partial charge is 0.279 e. The van der Waals surface area contributed by atoms with E-state index in [9.17, 15) is 14.0 Å². The van der Waals surface area contributed by atoms with Gasteiger partial charge in [-0.1, -0.05) is 12.1 Å². The Morgan fingerprint density at radius 3 is 2.36 bits per heavy atom. The summed E-state index contributed by atoms with van der Waals surface area (Å²) in [4.78, 5) is 23.8. The summed E-state index contributed by atoms with van der Waals surface area (Å²) in [5.74, 6) is -0.226. The van der Waals surface area contributed by atoms with Crippen molar-refractivity contribution in [3.63, 3.8) is 0 Å². The molecule has 2 N–H and O–H groups in total. The van der Waals surface area contributed by atoms with Crippen LogP contribution in [0.25, 0.3) is 0 Å². The van der Waals surface area contributed by atoms with Gasteiger partial charge >= 0.3 is 0 Å². The molecule has 1 atom stereocenters. The van der Waals surface area contributed by atoms with Crippen molar-refractivity contribution in [1.82, 2.24) is 10.9 Å². The lowest BCUT2D eigenvalue weighted by Crippen LogP contribution is -2.47. The highest BCUT2D eigenvalue weighted by atomic mass is 19.1. The fraction of sp³-hybridized carbons (Fsp3) is 0.300. The van der Waals surface area contributed by atoms with Crippen LogP contribution in [0.15, 0.2) is 48.5 Å². The van der Waals surface area contributed by atoms with Crippen LogP contribution in [-0.2, 0) is 9.59 Å². The van der Waals surface area contributed by atoms with E-state index in [1.54, 1.807) is 43.3 Å². The van der Waals surface area contributed by atoms with Crippen molar-refractivity contribution in [3.05, 3.63) is 54.3 Å². The number of para-hydroxylation sites is 1. The van der Waals surface area contributed by atoms with Gasteiger partial charge in [0, 0.05) is 0 Å². The van der Waals surface area contributed by atoms with Crippen molar-refractivity contribution >= 4 is 11.8 Å². The Morgan fingerprint density at radius 1 is 1.00 bits per heavy atom. The molecule has 0 saturated heterocycles. The first kappa shape index (κ1) is 21.0. The number of rotatable bonds is 9. The summed E-state index contributed by atoms with van der Waals surface area (Å²) in [6.45, 7) is 3.97. The molecule has 8 heteroatoms. The molecular weight excluding hydrogens is 367 g/mol. The second-order valence-corrected chi connectivity index (χ2v) is 5.73. The van der Waals surface area contributed by atoms with Gasteiger partial charge in [-0.15, -0.1) is 0 Å². The van der Waals surface area contributed by atoms with Gasteiger partial charge in [-0.25, -0.2) is 4.39 Å². The van der Waals surface area contributed by atoms with Crippen LogP contribution < -0.4 is 25.1 Å². The highest BCUT2D eigenvalue weighted by Gasteiger charge is 2.15. The van der Waals surface area contributed by atoms with Crippen LogP contribution in [0.3, 0.4) is 0 Å². The minimum atomic E-state index is -0.826. The number of ether oxygens (including phenoxy) is 3. The molecule has 0 aliphatic heterocycles. The molecule has 0 bridgehead atoms. The molecule has 2 amide bonds. The minimum absolute atomic E-state index is 0.0269. The molecule has 28 heavy (non-hydrogen) atoms. The Bertz CT molecular complexity index is 782. The number of carbonyl (C=O) groups is 2. The highest BCUT2D eigenvalue weighted by Crippen LogP contribution is 2.18. The second kappa shape index (κ2) is 10.8. The van der Waals surface area contributed by atoms with Gasteiger partial charge in [-0.3, -0.25) is 20.4 Å². The maximum atomic E-state index is 13.4.